The lowest BCUT2D eigenvalue weighted by atomic mass is 10.2. The van der Waals surface area contributed by atoms with Crippen LogP contribution in [-0.4, -0.2) is 48.6 Å². The smallest absolute Gasteiger partial charge is 0.0302 e. The molecule has 0 bridgehead atoms. The third-order valence-electron chi connectivity index (χ3n) is 4.61. The minimum atomic E-state index is 0.808. The SMILES string of the molecule is CCCN1CCN(Cc2cc(CNC3CC3)sc2C)CC1. The van der Waals surface area contributed by atoms with Gasteiger partial charge in [-0.15, -0.1) is 11.3 Å². The molecule has 0 radical (unpaired) electrons. The summed E-state index contributed by atoms with van der Waals surface area (Å²) >= 11 is 1.98. The van der Waals surface area contributed by atoms with E-state index in [-0.39, 0.29) is 0 Å². The van der Waals surface area contributed by atoms with Crippen LogP contribution in [0.3, 0.4) is 0 Å². The second-order valence-electron chi connectivity index (χ2n) is 6.57. The van der Waals surface area contributed by atoms with E-state index >= 15 is 0 Å². The van der Waals surface area contributed by atoms with E-state index in [0.717, 1.165) is 19.1 Å². The maximum Gasteiger partial charge on any atom is 0.0302 e. The minimum absolute atomic E-state index is 0.808. The molecule has 0 unspecified atom stereocenters. The van der Waals surface area contributed by atoms with Crippen LogP contribution in [0.5, 0.6) is 0 Å². The van der Waals surface area contributed by atoms with Gasteiger partial charge in [0.15, 0.2) is 0 Å². The monoisotopic (exact) mass is 307 g/mol. The molecule has 2 aliphatic rings. The number of nitrogens with zero attached hydrogens (tertiary/aromatic N) is 2. The van der Waals surface area contributed by atoms with Crippen molar-refractivity contribution in [2.45, 2.75) is 52.2 Å². The third kappa shape index (κ3) is 4.52. The van der Waals surface area contributed by atoms with Crippen molar-refractivity contribution in [1.29, 1.82) is 0 Å². The van der Waals surface area contributed by atoms with Crippen LogP contribution in [0.1, 0.15) is 41.5 Å². The van der Waals surface area contributed by atoms with Gasteiger partial charge in [-0.2, -0.15) is 0 Å². The highest BCUT2D eigenvalue weighted by Gasteiger charge is 2.21. The lowest BCUT2D eigenvalue weighted by Crippen LogP contribution is -2.45. The van der Waals surface area contributed by atoms with Gasteiger partial charge in [-0.25, -0.2) is 0 Å². The predicted molar refractivity (Wildman–Crippen MR) is 90.9 cm³/mol. The first-order chi connectivity index (χ1) is 10.2. The Morgan fingerprint density at radius 3 is 2.57 bits per heavy atom. The fourth-order valence-corrected chi connectivity index (χ4v) is 4.10. The molecule has 0 spiro atoms. The number of rotatable bonds is 7. The number of hydrogen-bond donors (Lipinski definition) is 1. The fourth-order valence-electron chi connectivity index (χ4n) is 3.09. The van der Waals surface area contributed by atoms with E-state index in [2.05, 4.69) is 35.0 Å². The molecule has 3 nitrogen and oxygen atoms in total. The van der Waals surface area contributed by atoms with Gasteiger partial charge in [0.25, 0.3) is 0 Å². The van der Waals surface area contributed by atoms with E-state index in [1.807, 2.05) is 11.3 Å². The van der Waals surface area contributed by atoms with Gasteiger partial charge >= 0.3 is 0 Å². The first-order valence-electron chi connectivity index (χ1n) is 8.51. The van der Waals surface area contributed by atoms with E-state index in [1.165, 1.54) is 61.7 Å². The summed E-state index contributed by atoms with van der Waals surface area (Å²) in [5, 5.41) is 3.63. The molecule has 1 aromatic rings. The van der Waals surface area contributed by atoms with Crippen molar-refractivity contribution in [3.05, 3.63) is 21.4 Å². The third-order valence-corrected chi connectivity index (χ3v) is 5.71. The van der Waals surface area contributed by atoms with Crippen LogP contribution in [0.2, 0.25) is 0 Å². The molecule has 3 rings (SSSR count). The molecule has 2 fully saturated rings. The summed E-state index contributed by atoms with van der Waals surface area (Å²) in [6.45, 7) is 13.0. The number of hydrogen-bond acceptors (Lipinski definition) is 4. The Morgan fingerprint density at radius 1 is 1.19 bits per heavy atom. The second-order valence-corrected chi connectivity index (χ2v) is 7.91. The van der Waals surface area contributed by atoms with Crippen LogP contribution in [0.15, 0.2) is 6.07 Å². The zero-order valence-corrected chi connectivity index (χ0v) is 14.3. The first kappa shape index (κ1) is 15.5. The van der Waals surface area contributed by atoms with Gasteiger partial charge in [-0.05, 0) is 44.4 Å². The van der Waals surface area contributed by atoms with Gasteiger partial charge in [0.2, 0.25) is 0 Å². The van der Waals surface area contributed by atoms with Gasteiger partial charge in [0.05, 0.1) is 0 Å². The van der Waals surface area contributed by atoms with Gasteiger partial charge in [0, 0.05) is 55.1 Å². The molecule has 1 aliphatic carbocycles. The summed E-state index contributed by atoms with van der Waals surface area (Å²) in [5.74, 6) is 0. The summed E-state index contributed by atoms with van der Waals surface area (Å²) < 4.78 is 0. The molecule has 4 heteroatoms. The highest BCUT2D eigenvalue weighted by Crippen LogP contribution is 2.25. The second kappa shape index (κ2) is 7.23. The molecule has 1 N–H and O–H groups in total. The molecular formula is C17H29N3S. The van der Waals surface area contributed by atoms with E-state index in [9.17, 15) is 0 Å². The normalized spacial score (nSPS) is 21.0. The minimum Gasteiger partial charge on any atom is -0.309 e. The average molecular weight is 308 g/mol. The Hall–Kier alpha value is -0.420. The molecule has 1 saturated carbocycles. The van der Waals surface area contributed by atoms with Crippen molar-refractivity contribution < 1.29 is 0 Å². The number of thiophene rings is 1. The predicted octanol–water partition coefficient (Wildman–Crippen LogP) is 2.84. The lowest BCUT2D eigenvalue weighted by Gasteiger charge is -2.34. The quantitative estimate of drug-likeness (QED) is 0.836. The highest BCUT2D eigenvalue weighted by atomic mass is 32.1. The molecule has 1 aromatic heterocycles. The molecule has 0 aromatic carbocycles. The van der Waals surface area contributed by atoms with Crippen LogP contribution < -0.4 is 5.32 Å². The van der Waals surface area contributed by atoms with Crippen LogP contribution in [0.4, 0.5) is 0 Å². The van der Waals surface area contributed by atoms with Crippen molar-refractivity contribution in [3.63, 3.8) is 0 Å². The van der Waals surface area contributed by atoms with Crippen LogP contribution in [0.25, 0.3) is 0 Å². The number of nitrogens with one attached hydrogen (secondary N) is 1. The van der Waals surface area contributed by atoms with E-state index in [0.29, 0.717) is 0 Å². The summed E-state index contributed by atoms with van der Waals surface area (Å²) in [6, 6.07) is 3.25. The van der Waals surface area contributed by atoms with Crippen molar-refractivity contribution in [1.82, 2.24) is 15.1 Å². The highest BCUT2D eigenvalue weighted by molar-refractivity contribution is 7.12. The maximum atomic E-state index is 3.63. The molecule has 1 aliphatic heterocycles. The van der Waals surface area contributed by atoms with Gasteiger partial charge in [-0.1, -0.05) is 6.92 Å². The zero-order valence-electron chi connectivity index (χ0n) is 13.5. The topological polar surface area (TPSA) is 18.5 Å². The van der Waals surface area contributed by atoms with E-state index in [1.54, 1.807) is 5.56 Å². The first-order valence-corrected chi connectivity index (χ1v) is 9.32. The Morgan fingerprint density at radius 2 is 1.90 bits per heavy atom. The van der Waals surface area contributed by atoms with Crippen molar-refractivity contribution >= 4 is 11.3 Å². The molecular weight excluding hydrogens is 278 g/mol. The molecule has 0 amide bonds. The Balaban J connectivity index is 1.48. The molecule has 118 valence electrons. The molecule has 21 heavy (non-hydrogen) atoms. The van der Waals surface area contributed by atoms with Gasteiger partial charge in [-0.3, -0.25) is 4.90 Å². The summed E-state index contributed by atoms with van der Waals surface area (Å²) in [5.41, 5.74) is 1.55. The number of piperazine rings is 1. The van der Waals surface area contributed by atoms with Crippen LogP contribution in [-0.2, 0) is 13.1 Å². The fraction of sp³-hybridized carbons (Fsp3) is 0.765. The Bertz CT molecular complexity index is 445. The summed E-state index contributed by atoms with van der Waals surface area (Å²) in [6.07, 6.45) is 4.03. The van der Waals surface area contributed by atoms with Gasteiger partial charge < -0.3 is 10.2 Å². The Kier molecular flexibility index (Phi) is 5.33. The maximum absolute atomic E-state index is 3.63. The zero-order chi connectivity index (χ0) is 14.7. The van der Waals surface area contributed by atoms with E-state index < -0.39 is 0 Å². The Labute approximate surface area is 133 Å². The lowest BCUT2D eigenvalue weighted by molar-refractivity contribution is 0.127. The molecule has 0 atom stereocenters. The van der Waals surface area contributed by atoms with Crippen molar-refractivity contribution in [2.24, 2.45) is 0 Å². The van der Waals surface area contributed by atoms with E-state index in [4.69, 9.17) is 0 Å². The largest absolute Gasteiger partial charge is 0.309 e. The number of aryl methyl sites for hydroxylation is 1. The summed E-state index contributed by atoms with van der Waals surface area (Å²) in [7, 11) is 0. The molecule has 1 saturated heterocycles. The average Bonchev–Trinajstić information content (AvgIpc) is 3.24. The van der Waals surface area contributed by atoms with Gasteiger partial charge in [0.1, 0.15) is 0 Å². The van der Waals surface area contributed by atoms with Crippen LogP contribution in [0, 0.1) is 6.92 Å². The summed E-state index contributed by atoms with van der Waals surface area (Å²) in [4.78, 5) is 8.25. The van der Waals surface area contributed by atoms with Crippen molar-refractivity contribution in [3.8, 4) is 0 Å². The molecule has 2 heterocycles. The van der Waals surface area contributed by atoms with Crippen molar-refractivity contribution in [2.75, 3.05) is 32.7 Å². The van der Waals surface area contributed by atoms with Crippen LogP contribution >= 0.6 is 11.3 Å². The standard InChI is InChI=1S/C17H29N3S/c1-3-6-19-7-9-20(10-8-19)13-15-11-17(21-14(15)2)12-18-16-4-5-16/h11,16,18H,3-10,12-13H2,1-2H3.